The third kappa shape index (κ3) is 2.55. The molecule has 2 aromatic rings. The fraction of sp³-hybridized carbons (Fsp3) is 0.467. The van der Waals surface area contributed by atoms with E-state index in [0.717, 1.165) is 23.6 Å². The van der Waals surface area contributed by atoms with Gasteiger partial charge in [0.15, 0.2) is 5.82 Å². The summed E-state index contributed by atoms with van der Waals surface area (Å²) in [6.45, 7) is 5.50. The summed E-state index contributed by atoms with van der Waals surface area (Å²) < 4.78 is 0. The molecule has 0 unspecified atom stereocenters. The second-order valence-electron chi connectivity index (χ2n) is 5.41. The van der Waals surface area contributed by atoms with Crippen LogP contribution in [0, 0.1) is 13.8 Å². The Bertz CT molecular complexity index is 590. The number of rotatable bonds is 5. The maximum atomic E-state index is 5.96. The Morgan fingerprint density at radius 1 is 1.35 bits per heavy atom. The number of hydrogen-bond donors (Lipinski definition) is 1. The Labute approximate surface area is 123 Å². The van der Waals surface area contributed by atoms with Crippen molar-refractivity contribution < 1.29 is 0 Å². The minimum Gasteiger partial charge on any atom is -0.348 e. The summed E-state index contributed by atoms with van der Waals surface area (Å²) in [5.41, 5.74) is 10.6. The Morgan fingerprint density at radius 2 is 2.15 bits per heavy atom. The quantitative estimate of drug-likeness (QED) is 0.919. The van der Waals surface area contributed by atoms with Gasteiger partial charge in [-0.15, -0.1) is 5.10 Å². The fourth-order valence-electron chi connectivity index (χ4n) is 2.46. The maximum Gasteiger partial charge on any atom is 0.156 e. The van der Waals surface area contributed by atoms with Gasteiger partial charge in [0, 0.05) is 24.7 Å². The van der Waals surface area contributed by atoms with E-state index in [4.69, 9.17) is 5.73 Å². The molecular formula is C15H20N4S. The molecule has 0 amide bonds. The van der Waals surface area contributed by atoms with Gasteiger partial charge in [-0.25, -0.2) is 0 Å². The molecule has 1 saturated carbocycles. The van der Waals surface area contributed by atoms with Crippen molar-refractivity contribution in [2.75, 3.05) is 4.90 Å². The van der Waals surface area contributed by atoms with Gasteiger partial charge in [0.05, 0.1) is 5.69 Å². The van der Waals surface area contributed by atoms with Gasteiger partial charge in [-0.3, -0.25) is 0 Å². The highest BCUT2D eigenvalue weighted by atomic mass is 32.1. The van der Waals surface area contributed by atoms with Crippen LogP contribution in [0.1, 0.15) is 35.2 Å². The number of anilines is 1. The van der Waals surface area contributed by atoms with Gasteiger partial charge in [-0.2, -0.15) is 16.4 Å². The van der Waals surface area contributed by atoms with Gasteiger partial charge in [-0.1, -0.05) is 0 Å². The van der Waals surface area contributed by atoms with E-state index < -0.39 is 0 Å². The Morgan fingerprint density at radius 3 is 2.75 bits per heavy atom. The van der Waals surface area contributed by atoms with E-state index in [1.54, 1.807) is 11.3 Å². The summed E-state index contributed by atoms with van der Waals surface area (Å²) in [4.78, 5) is 2.38. The number of nitrogens with two attached hydrogens (primary N) is 1. The number of nitrogens with zero attached hydrogens (tertiary/aromatic N) is 3. The molecular weight excluding hydrogens is 268 g/mol. The van der Waals surface area contributed by atoms with E-state index in [-0.39, 0.29) is 0 Å². The van der Waals surface area contributed by atoms with E-state index in [2.05, 4.69) is 38.8 Å². The molecule has 0 spiro atoms. The molecule has 0 radical (unpaired) electrons. The number of thiophene rings is 1. The van der Waals surface area contributed by atoms with Crippen LogP contribution in [0.3, 0.4) is 0 Å². The van der Waals surface area contributed by atoms with Crippen molar-refractivity contribution in [1.29, 1.82) is 0 Å². The van der Waals surface area contributed by atoms with E-state index in [1.807, 2.05) is 6.92 Å². The van der Waals surface area contributed by atoms with Crippen LogP contribution in [-0.2, 0) is 13.1 Å². The van der Waals surface area contributed by atoms with Gasteiger partial charge < -0.3 is 10.6 Å². The van der Waals surface area contributed by atoms with Crippen LogP contribution in [0.5, 0.6) is 0 Å². The van der Waals surface area contributed by atoms with Crippen molar-refractivity contribution in [3.8, 4) is 0 Å². The third-order valence-electron chi connectivity index (χ3n) is 3.96. The lowest BCUT2D eigenvalue weighted by atomic mass is 10.1. The van der Waals surface area contributed by atoms with Crippen LogP contribution in [0.4, 0.5) is 5.82 Å². The lowest BCUT2D eigenvalue weighted by Gasteiger charge is -2.26. The van der Waals surface area contributed by atoms with E-state index in [0.29, 0.717) is 12.6 Å². The largest absolute Gasteiger partial charge is 0.348 e. The molecule has 2 N–H and O–H groups in total. The minimum absolute atomic E-state index is 0.518. The van der Waals surface area contributed by atoms with Crippen LogP contribution in [0.15, 0.2) is 16.8 Å². The predicted octanol–water partition coefficient (Wildman–Crippen LogP) is 2.78. The summed E-state index contributed by atoms with van der Waals surface area (Å²) in [6.07, 6.45) is 2.48. The predicted molar refractivity (Wildman–Crippen MR) is 82.9 cm³/mol. The highest BCUT2D eigenvalue weighted by molar-refractivity contribution is 7.07. The van der Waals surface area contributed by atoms with E-state index in [1.165, 1.54) is 24.0 Å². The zero-order valence-electron chi connectivity index (χ0n) is 12.0. The third-order valence-corrected chi connectivity index (χ3v) is 4.69. The molecule has 20 heavy (non-hydrogen) atoms. The average molecular weight is 288 g/mol. The first-order chi connectivity index (χ1) is 9.70. The molecule has 0 bridgehead atoms. The van der Waals surface area contributed by atoms with Crippen molar-refractivity contribution in [3.05, 3.63) is 39.2 Å². The molecule has 0 aliphatic heterocycles. The highest BCUT2D eigenvalue weighted by Gasteiger charge is 2.32. The smallest absolute Gasteiger partial charge is 0.156 e. The SMILES string of the molecule is Cc1nnc(N(Cc2ccsc2)C2CC2)c(CN)c1C. The van der Waals surface area contributed by atoms with Gasteiger partial charge in [0.2, 0.25) is 0 Å². The van der Waals surface area contributed by atoms with Gasteiger partial charge in [-0.05, 0) is 54.6 Å². The first-order valence-corrected chi connectivity index (χ1v) is 7.95. The monoisotopic (exact) mass is 288 g/mol. The maximum absolute atomic E-state index is 5.96. The molecule has 4 nitrogen and oxygen atoms in total. The summed E-state index contributed by atoms with van der Waals surface area (Å²) in [5.74, 6) is 0.976. The summed E-state index contributed by atoms with van der Waals surface area (Å²) in [6, 6.07) is 2.77. The van der Waals surface area contributed by atoms with Crippen molar-refractivity contribution >= 4 is 17.2 Å². The number of aryl methyl sites for hydroxylation is 1. The lowest BCUT2D eigenvalue weighted by molar-refractivity contribution is 0.746. The first kappa shape index (κ1) is 13.5. The molecule has 0 aromatic carbocycles. The fourth-order valence-corrected chi connectivity index (χ4v) is 3.12. The topological polar surface area (TPSA) is 55.0 Å². The van der Waals surface area contributed by atoms with Crippen LogP contribution in [0.25, 0.3) is 0 Å². The zero-order valence-corrected chi connectivity index (χ0v) is 12.8. The molecule has 2 heterocycles. The molecule has 2 aromatic heterocycles. The number of aromatic nitrogens is 2. The lowest BCUT2D eigenvalue weighted by Crippen LogP contribution is -2.28. The molecule has 3 rings (SSSR count). The van der Waals surface area contributed by atoms with Crippen LogP contribution < -0.4 is 10.6 Å². The minimum atomic E-state index is 0.518. The molecule has 1 fully saturated rings. The average Bonchev–Trinajstić information content (AvgIpc) is 3.16. The zero-order chi connectivity index (χ0) is 14.1. The van der Waals surface area contributed by atoms with E-state index >= 15 is 0 Å². The molecule has 1 aliphatic rings. The van der Waals surface area contributed by atoms with Crippen molar-refractivity contribution in [2.24, 2.45) is 5.73 Å². The summed E-state index contributed by atoms with van der Waals surface area (Å²) in [5, 5.41) is 13.1. The summed E-state index contributed by atoms with van der Waals surface area (Å²) in [7, 11) is 0. The van der Waals surface area contributed by atoms with Gasteiger partial charge >= 0.3 is 0 Å². The molecule has 0 saturated heterocycles. The van der Waals surface area contributed by atoms with Crippen molar-refractivity contribution in [2.45, 2.75) is 45.8 Å². The second-order valence-corrected chi connectivity index (χ2v) is 6.19. The van der Waals surface area contributed by atoms with Crippen LogP contribution in [-0.4, -0.2) is 16.2 Å². The normalized spacial score (nSPS) is 14.6. The van der Waals surface area contributed by atoms with Crippen molar-refractivity contribution in [3.63, 3.8) is 0 Å². The first-order valence-electron chi connectivity index (χ1n) is 7.01. The summed E-state index contributed by atoms with van der Waals surface area (Å²) >= 11 is 1.74. The molecule has 5 heteroatoms. The number of hydrogen-bond acceptors (Lipinski definition) is 5. The molecule has 0 atom stereocenters. The molecule has 106 valence electrons. The van der Waals surface area contributed by atoms with Crippen molar-refractivity contribution in [1.82, 2.24) is 10.2 Å². The van der Waals surface area contributed by atoms with Gasteiger partial charge in [0.1, 0.15) is 0 Å². The Kier molecular flexibility index (Phi) is 3.72. The van der Waals surface area contributed by atoms with Crippen LogP contribution >= 0.6 is 11.3 Å². The highest BCUT2D eigenvalue weighted by Crippen LogP contribution is 2.34. The Balaban J connectivity index is 1.97. The van der Waals surface area contributed by atoms with Crippen LogP contribution in [0.2, 0.25) is 0 Å². The standard InChI is InChI=1S/C15H20N4S/c1-10-11(2)17-18-15(14(10)7-16)19(13-3-4-13)8-12-5-6-20-9-12/h5-6,9,13H,3-4,7-8,16H2,1-2H3. The Hall–Kier alpha value is -1.46. The second kappa shape index (κ2) is 5.50. The van der Waals surface area contributed by atoms with E-state index in [9.17, 15) is 0 Å². The molecule has 1 aliphatic carbocycles. The van der Waals surface area contributed by atoms with Gasteiger partial charge in [0.25, 0.3) is 0 Å².